The molecule has 0 bridgehead atoms. The summed E-state index contributed by atoms with van der Waals surface area (Å²) in [6.07, 6.45) is 4.08. The topological polar surface area (TPSA) is 46.4 Å². The van der Waals surface area contributed by atoms with Gasteiger partial charge in [-0.25, -0.2) is 5.43 Å². The van der Waals surface area contributed by atoms with E-state index in [2.05, 4.69) is 96.2 Å². The summed E-state index contributed by atoms with van der Waals surface area (Å²) in [7, 11) is 0. The predicted molar refractivity (Wildman–Crippen MR) is 134 cm³/mol. The quantitative estimate of drug-likeness (QED) is 0.179. The molecule has 1 aromatic heterocycles. The number of nitrogens with zero attached hydrogens (tertiary/aromatic N) is 2. The number of benzene rings is 3. The van der Waals surface area contributed by atoms with E-state index in [1.807, 2.05) is 36.4 Å². The molecule has 150 valence electrons. The molecule has 0 unspecified atom stereocenters. The molecule has 3 aromatic carbocycles. The van der Waals surface area contributed by atoms with Crippen LogP contribution in [0.25, 0.3) is 10.9 Å². The highest BCUT2D eigenvalue weighted by Crippen LogP contribution is 2.21. The van der Waals surface area contributed by atoms with Crippen molar-refractivity contribution in [3.05, 3.63) is 104 Å². The second kappa shape index (κ2) is 9.57. The minimum Gasteiger partial charge on any atom is -0.342 e. The molecular formula is C24H19BrIN3O. The first kappa shape index (κ1) is 20.8. The Hall–Kier alpha value is -2.45. The molecule has 1 amide bonds. The van der Waals surface area contributed by atoms with Crippen molar-refractivity contribution in [1.82, 2.24) is 9.99 Å². The highest BCUT2D eigenvalue weighted by Gasteiger charge is 2.08. The summed E-state index contributed by atoms with van der Waals surface area (Å²) < 4.78 is 4.43. The van der Waals surface area contributed by atoms with Crippen molar-refractivity contribution >= 4 is 61.5 Å². The number of carbonyl (C=O) groups excluding carboxylic acids is 1. The van der Waals surface area contributed by atoms with Gasteiger partial charge in [0, 0.05) is 37.3 Å². The Morgan fingerprint density at radius 1 is 1.00 bits per heavy atom. The summed E-state index contributed by atoms with van der Waals surface area (Å²) in [5.41, 5.74) is 6.93. The van der Waals surface area contributed by atoms with Gasteiger partial charge in [0.05, 0.1) is 12.6 Å². The lowest BCUT2D eigenvalue weighted by atomic mass is 10.1. The van der Waals surface area contributed by atoms with Crippen molar-refractivity contribution in [3.63, 3.8) is 0 Å². The van der Waals surface area contributed by atoms with Crippen LogP contribution in [0.3, 0.4) is 0 Å². The zero-order valence-corrected chi connectivity index (χ0v) is 19.8. The Balaban J connectivity index is 1.49. The largest absolute Gasteiger partial charge is 0.342 e. The number of rotatable bonds is 6. The third-order valence-corrected chi connectivity index (χ3v) is 6.00. The van der Waals surface area contributed by atoms with E-state index in [0.29, 0.717) is 6.42 Å². The summed E-state index contributed by atoms with van der Waals surface area (Å²) >= 11 is 5.71. The predicted octanol–water partition coefficient (Wildman–Crippen LogP) is 5.75. The van der Waals surface area contributed by atoms with Crippen molar-refractivity contribution in [2.45, 2.75) is 13.0 Å². The van der Waals surface area contributed by atoms with Crippen LogP contribution in [0.15, 0.2) is 88.6 Å². The lowest BCUT2D eigenvalue weighted by molar-refractivity contribution is -0.120. The number of carbonyl (C=O) groups is 1. The third-order valence-electron chi connectivity index (χ3n) is 4.76. The van der Waals surface area contributed by atoms with Gasteiger partial charge in [0.25, 0.3) is 0 Å². The lowest BCUT2D eigenvalue weighted by Gasteiger charge is -2.05. The molecule has 4 aromatic rings. The maximum Gasteiger partial charge on any atom is 0.244 e. The Kier molecular flexibility index (Phi) is 6.64. The second-order valence-corrected chi connectivity index (χ2v) is 9.11. The van der Waals surface area contributed by atoms with Gasteiger partial charge in [-0.15, -0.1) is 0 Å². The van der Waals surface area contributed by atoms with Gasteiger partial charge in [-0.1, -0.05) is 58.4 Å². The first-order valence-corrected chi connectivity index (χ1v) is 11.3. The van der Waals surface area contributed by atoms with Gasteiger partial charge in [0.1, 0.15) is 0 Å². The normalized spacial score (nSPS) is 11.3. The van der Waals surface area contributed by atoms with Crippen LogP contribution < -0.4 is 5.43 Å². The maximum absolute atomic E-state index is 12.2. The highest BCUT2D eigenvalue weighted by molar-refractivity contribution is 14.1. The molecule has 0 fully saturated rings. The van der Waals surface area contributed by atoms with E-state index in [4.69, 9.17) is 0 Å². The zero-order valence-electron chi connectivity index (χ0n) is 16.1. The summed E-state index contributed by atoms with van der Waals surface area (Å²) in [5, 5.41) is 5.29. The molecule has 0 saturated carbocycles. The maximum atomic E-state index is 12.2. The van der Waals surface area contributed by atoms with Crippen molar-refractivity contribution in [2.75, 3.05) is 0 Å². The minimum absolute atomic E-state index is 0.142. The fourth-order valence-electron chi connectivity index (χ4n) is 3.30. The first-order chi connectivity index (χ1) is 14.6. The molecule has 6 heteroatoms. The van der Waals surface area contributed by atoms with Gasteiger partial charge in [0.2, 0.25) is 5.91 Å². The highest BCUT2D eigenvalue weighted by atomic mass is 127. The number of nitrogens with one attached hydrogen (secondary N) is 1. The van der Waals surface area contributed by atoms with Crippen LogP contribution in [-0.2, 0) is 17.8 Å². The van der Waals surface area contributed by atoms with Crippen LogP contribution in [0.4, 0.5) is 0 Å². The van der Waals surface area contributed by atoms with E-state index in [9.17, 15) is 4.79 Å². The van der Waals surface area contributed by atoms with Gasteiger partial charge >= 0.3 is 0 Å². The summed E-state index contributed by atoms with van der Waals surface area (Å²) in [5.74, 6) is -0.142. The monoisotopic (exact) mass is 571 g/mol. The van der Waals surface area contributed by atoms with Crippen LogP contribution in [0.2, 0.25) is 0 Å². The van der Waals surface area contributed by atoms with E-state index < -0.39 is 0 Å². The summed E-state index contributed by atoms with van der Waals surface area (Å²) in [6, 6.07) is 24.4. The zero-order chi connectivity index (χ0) is 20.9. The number of para-hydroxylation sites is 1. The Bertz CT molecular complexity index is 1200. The molecular weight excluding hydrogens is 553 g/mol. The fraction of sp³-hybridized carbons (Fsp3) is 0.0833. The van der Waals surface area contributed by atoms with E-state index in [0.717, 1.165) is 33.0 Å². The molecule has 4 nitrogen and oxygen atoms in total. The Morgan fingerprint density at radius 3 is 2.47 bits per heavy atom. The molecule has 0 atom stereocenters. The molecule has 4 rings (SSSR count). The van der Waals surface area contributed by atoms with Gasteiger partial charge in [-0.2, -0.15) is 5.10 Å². The summed E-state index contributed by atoms with van der Waals surface area (Å²) in [4.78, 5) is 12.2. The second-order valence-electron chi connectivity index (χ2n) is 6.95. The molecule has 30 heavy (non-hydrogen) atoms. The number of halogens is 2. The molecule has 0 spiro atoms. The van der Waals surface area contributed by atoms with E-state index in [-0.39, 0.29) is 5.91 Å². The number of hydrogen-bond acceptors (Lipinski definition) is 2. The van der Waals surface area contributed by atoms with E-state index >= 15 is 0 Å². The average Bonchev–Trinajstić information content (AvgIpc) is 3.09. The molecule has 0 aliphatic rings. The number of fused-ring (bicyclic) bond motifs is 1. The van der Waals surface area contributed by atoms with Crippen LogP contribution >= 0.6 is 38.5 Å². The molecule has 1 N–H and O–H groups in total. The van der Waals surface area contributed by atoms with Crippen molar-refractivity contribution < 1.29 is 4.79 Å². The molecule has 0 saturated heterocycles. The molecule has 0 radical (unpaired) electrons. The number of hydrazone groups is 1. The van der Waals surface area contributed by atoms with Crippen LogP contribution in [0.1, 0.15) is 16.7 Å². The number of hydrogen-bond donors (Lipinski definition) is 1. The fourth-order valence-corrected chi connectivity index (χ4v) is 3.92. The van der Waals surface area contributed by atoms with E-state index in [1.54, 1.807) is 6.21 Å². The molecule has 0 aliphatic heterocycles. The Morgan fingerprint density at radius 2 is 1.70 bits per heavy atom. The SMILES string of the molecule is O=C(Cc1ccc(Br)cc1)N/N=C/c1cn(Cc2ccc(I)cc2)c2ccccc12. The van der Waals surface area contributed by atoms with Gasteiger partial charge in [0.15, 0.2) is 0 Å². The molecule has 1 heterocycles. The Labute approximate surface area is 197 Å². The van der Waals surface area contributed by atoms with Gasteiger partial charge in [-0.05, 0) is 64.0 Å². The summed E-state index contributed by atoms with van der Waals surface area (Å²) in [6.45, 7) is 0.779. The smallest absolute Gasteiger partial charge is 0.244 e. The van der Waals surface area contributed by atoms with E-state index in [1.165, 1.54) is 9.13 Å². The van der Waals surface area contributed by atoms with Crippen molar-refractivity contribution in [1.29, 1.82) is 0 Å². The number of amides is 1. The minimum atomic E-state index is -0.142. The van der Waals surface area contributed by atoms with Crippen molar-refractivity contribution in [2.24, 2.45) is 5.10 Å². The van der Waals surface area contributed by atoms with Crippen LogP contribution in [-0.4, -0.2) is 16.7 Å². The first-order valence-electron chi connectivity index (χ1n) is 9.47. The molecule has 0 aliphatic carbocycles. The van der Waals surface area contributed by atoms with Crippen molar-refractivity contribution in [3.8, 4) is 0 Å². The lowest BCUT2D eigenvalue weighted by Crippen LogP contribution is -2.19. The van der Waals surface area contributed by atoms with Crippen LogP contribution in [0.5, 0.6) is 0 Å². The average molecular weight is 572 g/mol. The van der Waals surface area contributed by atoms with Gasteiger partial charge < -0.3 is 4.57 Å². The van der Waals surface area contributed by atoms with Crippen LogP contribution in [0, 0.1) is 3.57 Å². The number of aromatic nitrogens is 1. The third kappa shape index (κ3) is 5.17. The standard InChI is InChI=1S/C24H19BrIN3O/c25-20-9-5-17(6-10-20)13-24(30)28-27-14-19-16-29(23-4-2-1-3-22(19)23)15-18-7-11-21(26)12-8-18/h1-12,14,16H,13,15H2,(H,28,30)/b27-14+. The van der Waals surface area contributed by atoms with Gasteiger partial charge in [-0.3, -0.25) is 4.79 Å².